The molecular formula is C21H30IN3O3. The highest BCUT2D eigenvalue weighted by atomic mass is 127. The van der Waals surface area contributed by atoms with E-state index in [9.17, 15) is 0 Å². The number of nitrogens with zero attached hydrogens (tertiary/aromatic N) is 2. The van der Waals surface area contributed by atoms with Gasteiger partial charge in [0.15, 0.2) is 17.5 Å². The van der Waals surface area contributed by atoms with E-state index in [-0.39, 0.29) is 24.0 Å². The smallest absolute Gasteiger partial charge is 0.231 e. The predicted molar refractivity (Wildman–Crippen MR) is 118 cm³/mol. The minimum Gasteiger partial charge on any atom is -0.454 e. The maximum atomic E-state index is 6.06. The lowest BCUT2D eigenvalue weighted by atomic mass is 9.46. The minimum atomic E-state index is 0. The number of aliphatic imine (C=N–C) groups is 1. The maximum Gasteiger partial charge on any atom is 0.231 e. The van der Waals surface area contributed by atoms with Gasteiger partial charge in [-0.3, -0.25) is 4.99 Å². The Bertz CT molecular complexity index is 752. The van der Waals surface area contributed by atoms with Crippen molar-refractivity contribution < 1.29 is 14.2 Å². The first-order valence-corrected chi connectivity index (χ1v) is 10.2. The van der Waals surface area contributed by atoms with Crippen LogP contribution in [0.25, 0.3) is 0 Å². The van der Waals surface area contributed by atoms with Crippen molar-refractivity contribution in [1.29, 1.82) is 0 Å². The summed E-state index contributed by atoms with van der Waals surface area (Å²) < 4.78 is 17.0. The summed E-state index contributed by atoms with van der Waals surface area (Å²) in [4.78, 5) is 7.01. The van der Waals surface area contributed by atoms with E-state index in [2.05, 4.69) is 36.3 Å². The topological polar surface area (TPSA) is 55.3 Å². The van der Waals surface area contributed by atoms with Gasteiger partial charge in [-0.05, 0) is 43.9 Å². The number of rotatable bonds is 4. The SMILES string of the molecule is CCN=C(NC1C2CCOC2C12CCC2)N(C)Cc1ccc2c(c1)OCO2.I. The molecule has 1 aromatic rings. The van der Waals surface area contributed by atoms with Crippen LogP contribution in [0.1, 0.15) is 38.2 Å². The van der Waals surface area contributed by atoms with Crippen LogP contribution in [-0.2, 0) is 11.3 Å². The van der Waals surface area contributed by atoms with Crippen molar-refractivity contribution in [2.24, 2.45) is 16.3 Å². The first kappa shape index (κ1) is 20.1. The lowest BCUT2D eigenvalue weighted by molar-refractivity contribution is -0.171. The van der Waals surface area contributed by atoms with Crippen molar-refractivity contribution >= 4 is 29.9 Å². The van der Waals surface area contributed by atoms with Crippen molar-refractivity contribution in [1.82, 2.24) is 10.2 Å². The number of ether oxygens (including phenoxy) is 3. The summed E-state index contributed by atoms with van der Waals surface area (Å²) in [5.41, 5.74) is 1.55. The Balaban J connectivity index is 0.00000192. The summed E-state index contributed by atoms with van der Waals surface area (Å²) in [7, 11) is 2.11. The molecule has 1 saturated heterocycles. The van der Waals surface area contributed by atoms with Gasteiger partial charge in [-0.2, -0.15) is 0 Å². The van der Waals surface area contributed by atoms with Crippen LogP contribution in [0.2, 0.25) is 0 Å². The first-order chi connectivity index (χ1) is 13.2. The largest absolute Gasteiger partial charge is 0.454 e. The Morgan fingerprint density at radius 2 is 2.11 bits per heavy atom. The number of fused-ring (bicyclic) bond motifs is 3. The molecule has 0 bridgehead atoms. The van der Waals surface area contributed by atoms with Gasteiger partial charge in [-0.15, -0.1) is 24.0 Å². The Hall–Kier alpha value is -1.22. The van der Waals surface area contributed by atoms with Gasteiger partial charge in [0.1, 0.15) is 0 Å². The molecule has 2 heterocycles. The van der Waals surface area contributed by atoms with Crippen molar-refractivity contribution in [2.75, 3.05) is 27.0 Å². The number of guanidine groups is 1. The van der Waals surface area contributed by atoms with Crippen LogP contribution < -0.4 is 14.8 Å². The molecule has 7 heteroatoms. The standard InChI is InChI=1S/C21H29N3O3.HI/c1-3-22-20(23-18-15-7-10-25-19(15)21(18)8-4-9-21)24(2)12-14-5-6-16-17(11-14)27-13-26-16;/h5-6,11,15,18-19H,3-4,7-10,12-13H2,1-2H3,(H,22,23);1H. The molecule has 0 radical (unpaired) electrons. The minimum absolute atomic E-state index is 0. The number of halogens is 1. The van der Waals surface area contributed by atoms with Crippen LogP contribution in [-0.4, -0.2) is 50.0 Å². The molecule has 3 atom stereocenters. The molecule has 2 aliphatic carbocycles. The van der Waals surface area contributed by atoms with Crippen LogP contribution >= 0.6 is 24.0 Å². The first-order valence-electron chi connectivity index (χ1n) is 10.2. The van der Waals surface area contributed by atoms with Crippen LogP contribution in [0.5, 0.6) is 11.5 Å². The average Bonchev–Trinajstić information content (AvgIpc) is 3.24. The molecule has 0 aromatic heterocycles. The average molecular weight is 499 g/mol. The molecule has 6 nitrogen and oxygen atoms in total. The van der Waals surface area contributed by atoms with E-state index in [1.165, 1.54) is 31.2 Å². The van der Waals surface area contributed by atoms with Crippen molar-refractivity contribution in [3.05, 3.63) is 23.8 Å². The zero-order valence-corrected chi connectivity index (χ0v) is 19.0. The fourth-order valence-corrected chi connectivity index (χ4v) is 5.41. The molecule has 1 spiro atoms. The van der Waals surface area contributed by atoms with Crippen LogP contribution in [0, 0.1) is 11.3 Å². The molecule has 28 heavy (non-hydrogen) atoms. The maximum absolute atomic E-state index is 6.06. The number of hydrogen-bond acceptors (Lipinski definition) is 4. The Morgan fingerprint density at radius 3 is 2.86 bits per heavy atom. The second-order valence-electron chi connectivity index (χ2n) is 8.29. The van der Waals surface area contributed by atoms with Gasteiger partial charge >= 0.3 is 0 Å². The molecule has 4 aliphatic rings. The van der Waals surface area contributed by atoms with E-state index in [0.29, 0.717) is 30.3 Å². The van der Waals surface area contributed by atoms with Crippen LogP contribution in [0.3, 0.4) is 0 Å². The number of nitrogens with one attached hydrogen (secondary N) is 1. The van der Waals surface area contributed by atoms with Gasteiger partial charge in [-0.25, -0.2) is 0 Å². The summed E-state index contributed by atoms with van der Waals surface area (Å²) in [6.45, 7) is 4.89. The lowest BCUT2D eigenvalue weighted by Crippen LogP contribution is -2.72. The molecule has 3 unspecified atom stereocenters. The van der Waals surface area contributed by atoms with E-state index in [1.807, 2.05) is 6.07 Å². The third-order valence-corrected chi connectivity index (χ3v) is 6.85. The summed E-state index contributed by atoms with van der Waals surface area (Å²) in [6, 6.07) is 6.67. The van der Waals surface area contributed by atoms with Gasteiger partial charge < -0.3 is 24.4 Å². The fourth-order valence-electron chi connectivity index (χ4n) is 5.41. The second-order valence-corrected chi connectivity index (χ2v) is 8.29. The fraction of sp³-hybridized carbons (Fsp3) is 0.667. The van der Waals surface area contributed by atoms with Crippen LogP contribution in [0.15, 0.2) is 23.2 Å². The molecular weight excluding hydrogens is 469 g/mol. The van der Waals surface area contributed by atoms with Gasteiger partial charge in [0.05, 0.1) is 6.10 Å². The summed E-state index contributed by atoms with van der Waals surface area (Å²) in [6.07, 6.45) is 5.56. The quantitative estimate of drug-likeness (QED) is 0.391. The molecule has 1 N–H and O–H groups in total. The highest BCUT2D eigenvalue weighted by Crippen LogP contribution is 2.62. The van der Waals surface area contributed by atoms with Crippen molar-refractivity contribution in [3.8, 4) is 11.5 Å². The lowest BCUT2D eigenvalue weighted by Gasteiger charge is -2.63. The third kappa shape index (κ3) is 3.14. The highest BCUT2D eigenvalue weighted by molar-refractivity contribution is 14.0. The molecule has 1 aromatic carbocycles. The van der Waals surface area contributed by atoms with Crippen LogP contribution in [0.4, 0.5) is 0 Å². The monoisotopic (exact) mass is 499 g/mol. The molecule has 0 amide bonds. The molecule has 2 aliphatic heterocycles. The second kappa shape index (κ2) is 7.89. The van der Waals surface area contributed by atoms with Gasteiger partial charge in [0.25, 0.3) is 0 Å². The molecule has 2 saturated carbocycles. The molecule has 3 fully saturated rings. The van der Waals surface area contributed by atoms with Crippen molar-refractivity contribution in [2.45, 2.75) is 51.3 Å². The summed E-state index contributed by atoms with van der Waals surface area (Å²) in [5.74, 6) is 3.31. The van der Waals surface area contributed by atoms with E-state index in [1.54, 1.807) is 0 Å². The van der Waals surface area contributed by atoms with Gasteiger partial charge in [0, 0.05) is 44.1 Å². The normalized spacial score (nSPS) is 28.8. The third-order valence-electron chi connectivity index (χ3n) is 6.85. The highest BCUT2D eigenvalue weighted by Gasteiger charge is 2.66. The summed E-state index contributed by atoms with van der Waals surface area (Å²) in [5, 5.41) is 3.83. The molecule has 154 valence electrons. The Labute approximate surface area is 184 Å². The Kier molecular flexibility index (Phi) is 5.66. The zero-order valence-electron chi connectivity index (χ0n) is 16.6. The number of benzene rings is 1. The Morgan fingerprint density at radius 1 is 1.29 bits per heavy atom. The zero-order chi connectivity index (χ0) is 18.4. The van der Waals surface area contributed by atoms with Gasteiger partial charge in [-0.1, -0.05) is 12.5 Å². The van der Waals surface area contributed by atoms with E-state index in [4.69, 9.17) is 19.2 Å². The molecule has 5 rings (SSSR count). The van der Waals surface area contributed by atoms with Crippen molar-refractivity contribution in [3.63, 3.8) is 0 Å². The number of hydrogen-bond donors (Lipinski definition) is 1. The summed E-state index contributed by atoms with van der Waals surface area (Å²) >= 11 is 0. The van der Waals surface area contributed by atoms with Gasteiger partial charge in [0.2, 0.25) is 6.79 Å². The predicted octanol–water partition coefficient (Wildman–Crippen LogP) is 3.39. The van der Waals surface area contributed by atoms with E-state index < -0.39 is 0 Å². The van der Waals surface area contributed by atoms with E-state index >= 15 is 0 Å². The van der Waals surface area contributed by atoms with E-state index in [0.717, 1.165) is 37.2 Å².